The van der Waals surface area contributed by atoms with E-state index in [9.17, 15) is 27.6 Å². The number of ketones is 1. The number of hydrogen-bond acceptors (Lipinski definition) is 4. The van der Waals surface area contributed by atoms with Gasteiger partial charge >= 0.3 is 12.1 Å². The van der Waals surface area contributed by atoms with Crippen molar-refractivity contribution >= 4 is 11.8 Å². The Kier molecular flexibility index (Phi) is 5.88. The van der Waals surface area contributed by atoms with Crippen LogP contribution < -0.4 is 5.56 Å². The second-order valence-electron chi connectivity index (χ2n) is 6.96. The molecule has 6 nitrogen and oxygen atoms in total. The zero-order valence-electron chi connectivity index (χ0n) is 17.0. The summed E-state index contributed by atoms with van der Waals surface area (Å²) in [5, 5.41) is 0. The number of methoxy groups -OCH3 is 1. The molecule has 3 rings (SSSR count). The molecule has 0 aliphatic carbocycles. The summed E-state index contributed by atoms with van der Waals surface area (Å²) in [7, 11) is 1.28. The van der Waals surface area contributed by atoms with Crippen molar-refractivity contribution in [1.82, 2.24) is 9.13 Å². The van der Waals surface area contributed by atoms with Crippen molar-refractivity contribution < 1.29 is 27.5 Å². The summed E-state index contributed by atoms with van der Waals surface area (Å²) in [6.07, 6.45) is -3.98. The summed E-state index contributed by atoms with van der Waals surface area (Å²) in [5.74, 6) is -0.971. The Labute approximate surface area is 175 Å². The number of aromatic nitrogens is 2. The highest BCUT2D eigenvalue weighted by atomic mass is 19.4. The molecule has 0 aliphatic heterocycles. The average Bonchev–Trinajstić information content (AvgIpc) is 3.02. The van der Waals surface area contributed by atoms with Crippen molar-refractivity contribution in [2.24, 2.45) is 0 Å². The van der Waals surface area contributed by atoms with Crippen LogP contribution in [0.1, 0.15) is 37.7 Å². The van der Waals surface area contributed by atoms with E-state index in [2.05, 4.69) is 4.74 Å². The van der Waals surface area contributed by atoms with Gasteiger partial charge in [0.15, 0.2) is 5.78 Å². The summed E-state index contributed by atoms with van der Waals surface area (Å²) in [5.41, 5.74) is 0.923. The van der Waals surface area contributed by atoms with E-state index in [1.165, 1.54) is 7.11 Å². The lowest BCUT2D eigenvalue weighted by Crippen LogP contribution is -2.25. The van der Waals surface area contributed by atoms with Crippen molar-refractivity contribution in [1.29, 1.82) is 0 Å². The Morgan fingerprint density at radius 1 is 1.03 bits per heavy atom. The summed E-state index contributed by atoms with van der Waals surface area (Å²) >= 11 is 0. The Morgan fingerprint density at radius 3 is 2.26 bits per heavy atom. The lowest BCUT2D eigenvalue weighted by molar-refractivity contribution is -0.138. The van der Waals surface area contributed by atoms with Crippen LogP contribution in [0.2, 0.25) is 0 Å². The highest BCUT2D eigenvalue weighted by Gasteiger charge is 2.31. The zero-order valence-corrected chi connectivity index (χ0v) is 17.0. The molecule has 162 valence electrons. The molecule has 0 spiro atoms. The van der Waals surface area contributed by atoms with Gasteiger partial charge in [-0.25, -0.2) is 4.79 Å². The molecule has 31 heavy (non-hydrogen) atoms. The minimum absolute atomic E-state index is 0.291. The van der Waals surface area contributed by atoms with Gasteiger partial charge < -0.3 is 13.9 Å². The highest BCUT2D eigenvalue weighted by molar-refractivity contribution is 5.97. The lowest BCUT2D eigenvalue weighted by atomic mass is 10.1. The van der Waals surface area contributed by atoms with Crippen LogP contribution in [-0.4, -0.2) is 28.0 Å². The fourth-order valence-corrected chi connectivity index (χ4v) is 3.37. The minimum Gasteiger partial charge on any atom is -0.465 e. The maximum atomic E-state index is 12.9. The standard InChI is InChI=1S/C22H19F3N2O4/c1-13-10-18(14(2)27(13)17-7-4-15(5-8-17)21(30)31-3)19(28)12-26-11-16(22(23,24)25)6-9-20(26)29/h4-11H,12H2,1-3H3. The smallest absolute Gasteiger partial charge is 0.417 e. The predicted octanol–water partition coefficient (Wildman–Crippen LogP) is 3.94. The van der Waals surface area contributed by atoms with E-state index in [1.807, 2.05) is 0 Å². The van der Waals surface area contributed by atoms with Gasteiger partial charge in [0.2, 0.25) is 0 Å². The third kappa shape index (κ3) is 4.45. The Bertz CT molecular complexity index is 1200. The number of pyridine rings is 1. The van der Waals surface area contributed by atoms with E-state index in [0.717, 1.165) is 10.6 Å². The van der Waals surface area contributed by atoms with E-state index in [0.29, 0.717) is 40.5 Å². The van der Waals surface area contributed by atoms with E-state index < -0.39 is 35.6 Å². The van der Waals surface area contributed by atoms with Gasteiger partial charge in [-0.3, -0.25) is 9.59 Å². The molecule has 9 heteroatoms. The van der Waals surface area contributed by atoms with E-state index in [-0.39, 0.29) is 0 Å². The molecule has 0 radical (unpaired) electrons. The molecule has 2 aromatic heterocycles. The van der Waals surface area contributed by atoms with Crippen LogP contribution in [0.5, 0.6) is 0 Å². The number of carbonyl (C=O) groups excluding carboxylic acids is 2. The summed E-state index contributed by atoms with van der Waals surface area (Å²) in [4.78, 5) is 36.4. The SMILES string of the molecule is COC(=O)c1ccc(-n2c(C)cc(C(=O)Cn3cc(C(F)(F)F)ccc3=O)c2C)cc1. The number of esters is 1. The largest absolute Gasteiger partial charge is 0.465 e. The molecule has 0 amide bonds. The molecule has 0 saturated carbocycles. The van der Waals surface area contributed by atoms with Gasteiger partial charge in [0.05, 0.1) is 24.8 Å². The molecular weight excluding hydrogens is 413 g/mol. The molecule has 0 atom stereocenters. The van der Waals surface area contributed by atoms with Crippen LogP contribution in [-0.2, 0) is 17.5 Å². The zero-order chi connectivity index (χ0) is 22.9. The van der Waals surface area contributed by atoms with Crippen LogP contribution >= 0.6 is 0 Å². The fourth-order valence-electron chi connectivity index (χ4n) is 3.37. The first kappa shape index (κ1) is 22.1. The average molecular weight is 432 g/mol. The summed E-state index contributed by atoms with van der Waals surface area (Å²) in [6.45, 7) is 2.95. The topological polar surface area (TPSA) is 70.3 Å². The maximum Gasteiger partial charge on any atom is 0.417 e. The third-order valence-electron chi connectivity index (χ3n) is 4.90. The first-order valence-electron chi connectivity index (χ1n) is 9.21. The molecular formula is C22H19F3N2O4. The number of rotatable bonds is 5. The molecule has 0 bridgehead atoms. The second-order valence-corrected chi connectivity index (χ2v) is 6.96. The van der Waals surface area contributed by atoms with Crippen LogP contribution in [0.25, 0.3) is 5.69 Å². The van der Waals surface area contributed by atoms with E-state index in [4.69, 9.17) is 0 Å². The Morgan fingerprint density at radius 2 is 1.68 bits per heavy atom. The summed E-state index contributed by atoms with van der Waals surface area (Å²) < 4.78 is 46.0. The number of hydrogen-bond donors (Lipinski definition) is 0. The van der Waals surface area contributed by atoms with Crippen molar-refractivity contribution in [2.75, 3.05) is 7.11 Å². The predicted molar refractivity (Wildman–Crippen MR) is 107 cm³/mol. The molecule has 0 unspecified atom stereocenters. The Balaban J connectivity index is 1.93. The van der Waals surface area contributed by atoms with Gasteiger partial charge in [0.1, 0.15) is 0 Å². The summed E-state index contributed by atoms with van der Waals surface area (Å²) in [6, 6.07) is 9.66. The van der Waals surface area contributed by atoms with Gasteiger partial charge in [-0.2, -0.15) is 13.2 Å². The number of ether oxygens (including phenoxy) is 1. The molecule has 0 aliphatic rings. The number of aryl methyl sites for hydroxylation is 1. The number of halogens is 3. The van der Waals surface area contributed by atoms with Crippen molar-refractivity contribution in [3.8, 4) is 5.69 Å². The molecule has 2 heterocycles. The third-order valence-corrected chi connectivity index (χ3v) is 4.90. The number of benzene rings is 1. The minimum atomic E-state index is -4.62. The first-order valence-corrected chi connectivity index (χ1v) is 9.21. The van der Waals surface area contributed by atoms with E-state index >= 15 is 0 Å². The number of carbonyl (C=O) groups is 2. The molecule has 0 saturated heterocycles. The van der Waals surface area contributed by atoms with E-state index in [1.54, 1.807) is 48.7 Å². The maximum absolute atomic E-state index is 12.9. The van der Waals surface area contributed by atoms with Gasteiger partial charge in [-0.05, 0) is 50.2 Å². The van der Waals surface area contributed by atoms with Crippen LogP contribution in [0, 0.1) is 13.8 Å². The van der Waals surface area contributed by atoms with Crippen molar-refractivity contribution in [3.63, 3.8) is 0 Å². The number of nitrogens with zero attached hydrogens (tertiary/aromatic N) is 2. The van der Waals surface area contributed by atoms with Crippen LogP contribution in [0.15, 0.2) is 53.5 Å². The van der Waals surface area contributed by atoms with Crippen LogP contribution in [0.3, 0.4) is 0 Å². The Hall–Kier alpha value is -3.62. The second kappa shape index (κ2) is 8.25. The van der Waals surface area contributed by atoms with Gasteiger partial charge in [0.25, 0.3) is 5.56 Å². The highest BCUT2D eigenvalue weighted by Crippen LogP contribution is 2.28. The molecule has 1 aromatic carbocycles. The monoisotopic (exact) mass is 432 g/mol. The molecule has 3 aromatic rings. The molecule has 0 N–H and O–H groups in total. The van der Waals surface area contributed by atoms with Gasteiger partial charge in [0, 0.05) is 34.9 Å². The van der Waals surface area contributed by atoms with Crippen molar-refractivity contribution in [3.05, 3.63) is 87.1 Å². The fraction of sp³-hybridized carbons (Fsp3) is 0.227. The quantitative estimate of drug-likeness (QED) is 0.452. The first-order chi connectivity index (χ1) is 14.5. The lowest BCUT2D eigenvalue weighted by Gasteiger charge is -2.12. The van der Waals surface area contributed by atoms with Gasteiger partial charge in [-0.15, -0.1) is 0 Å². The number of Topliss-reactive ketones (excluding diaryl/α,β-unsaturated/α-hetero) is 1. The van der Waals surface area contributed by atoms with Crippen molar-refractivity contribution in [2.45, 2.75) is 26.6 Å². The van der Waals surface area contributed by atoms with Gasteiger partial charge in [-0.1, -0.05) is 0 Å². The molecule has 0 fully saturated rings. The normalized spacial score (nSPS) is 11.4. The van der Waals surface area contributed by atoms with Crippen LogP contribution in [0.4, 0.5) is 13.2 Å². The number of alkyl halides is 3.